The van der Waals surface area contributed by atoms with Crippen molar-refractivity contribution in [2.75, 3.05) is 21.3 Å². The molecule has 134 valence electrons. The van der Waals surface area contributed by atoms with E-state index in [9.17, 15) is 14.4 Å². The van der Waals surface area contributed by atoms with E-state index in [4.69, 9.17) is 9.47 Å². The van der Waals surface area contributed by atoms with Gasteiger partial charge in [-0.2, -0.15) is 0 Å². The molecular weight excluding hydrogens is 414 g/mol. The van der Waals surface area contributed by atoms with E-state index in [1.807, 2.05) is 0 Å². The molecule has 0 aromatic heterocycles. The van der Waals surface area contributed by atoms with Gasteiger partial charge in [-0.3, -0.25) is 14.5 Å². The Morgan fingerprint density at radius 2 is 1.92 bits per heavy atom. The number of hydrogen-bond acceptors (Lipinski definition) is 7. The van der Waals surface area contributed by atoms with Gasteiger partial charge in [-0.25, -0.2) is 4.79 Å². The molecule has 1 heterocycles. The lowest BCUT2D eigenvalue weighted by Gasteiger charge is -2.18. The zero-order chi connectivity index (χ0) is 18.7. The highest BCUT2D eigenvalue weighted by molar-refractivity contribution is 9.10. The summed E-state index contributed by atoms with van der Waals surface area (Å²) in [6.45, 7) is 1.44. The smallest absolute Gasteiger partial charge is 0.328 e. The summed E-state index contributed by atoms with van der Waals surface area (Å²) in [5, 5.41) is -0.520. The topological polar surface area (TPSA) is 82.1 Å². The molecule has 1 saturated heterocycles. The number of amides is 2. The van der Waals surface area contributed by atoms with Crippen molar-refractivity contribution in [2.45, 2.75) is 13.0 Å². The Hall–Kier alpha value is -2.00. The van der Waals surface area contributed by atoms with Crippen LogP contribution in [0.15, 0.2) is 21.5 Å². The van der Waals surface area contributed by atoms with E-state index >= 15 is 0 Å². The van der Waals surface area contributed by atoms with Crippen LogP contribution in [0.25, 0.3) is 6.08 Å². The predicted octanol–water partition coefficient (Wildman–Crippen LogP) is 3.06. The number of carbonyl (C=O) groups excluding carboxylic acids is 3. The van der Waals surface area contributed by atoms with E-state index in [0.29, 0.717) is 21.5 Å². The molecule has 1 aliphatic rings. The average Bonchev–Trinajstić information content (AvgIpc) is 2.86. The number of benzene rings is 1. The minimum Gasteiger partial charge on any atom is -0.493 e. The van der Waals surface area contributed by atoms with Crippen LogP contribution in [0.1, 0.15) is 12.5 Å². The molecule has 0 bridgehead atoms. The molecule has 1 aliphatic heterocycles. The van der Waals surface area contributed by atoms with Crippen LogP contribution < -0.4 is 9.47 Å². The fourth-order valence-electron chi connectivity index (χ4n) is 2.26. The first-order valence-electron chi connectivity index (χ1n) is 7.10. The number of esters is 1. The zero-order valence-electron chi connectivity index (χ0n) is 14.0. The molecule has 7 nitrogen and oxygen atoms in total. The second kappa shape index (κ2) is 7.92. The summed E-state index contributed by atoms with van der Waals surface area (Å²) >= 11 is 4.14. The highest BCUT2D eigenvalue weighted by Gasteiger charge is 2.41. The van der Waals surface area contributed by atoms with Crippen LogP contribution in [0.4, 0.5) is 4.79 Å². The maximum atomic E-state index is 12.5. The maximum Gasteiger partial charge on any atom is 0.328 e. The number of carbonyl (C=O) groups is 3. The minimum absolute atomic E-state index is 0.208. The molecule has 2 rings (SSSR count). The Morgan fingerprint density at radius 3 is 2.48 bits per heavy atom. The fraction of sp³-hybridized carbons (Fsp3) is 0.312. The van der Waals surface area contributed by atoms with Crippen molar-refractivity contribution in [3.05, 3.63) is 27.1 Å². The third-order valence-electron chi connectivity index (χ3n) is 3.51. The molecule has 25 heavy (non-hydrogen) atoms. The summed E-state index contributed by atoms with van der Waals surface area (Å²) in [5.41, 5.74) is 0.640. The molecule has 1 aromatic rings. The zero-order valence-corrected chi connectivity index (χ0v) is 16.4. The number of thioether (sulfide) groups is 1. The monoisotopic (exact) mass is 429 g/mol. The average molecular weight is 430 g/mol. The summed E-state index contributed by atoms with van der Waals surface area (Å²) < 4.78 is 15.7. The van der Waals surface area contributed by atoms with Crippen LogP contribution in [-0.4, -0.2) is 49.4 Å². The van der Waals surface area contributed by atoms with Crippen molar-refractivity contribution in [2.24, 2.45) is 0 Å². The first-order valence-corrected chi connectivity index (χ1v) is 8.71. The van der Waals surface area contributed by atoms with Crippen LogP contribution in [0, 0.1) is 0 Å². The van der Waals surface area contributed by atoms with E-state index in [1.165, 1.54) is 28.3 Å². The molecule has 9 heteroatoms. The summed E-state index contributed by atoms with van der Waals surface area (Å²) in [5.74, 6) is -0.200. The van der Waals surface area contributed by atoms with Crippen LogP contribution >= 0.6 is 27.7 Å². The Morgan fingerprint density at radius 1 is 1.24 bits per heavy atom. The third-order valence-corrected chi connectivity index (χ3v) is 4.98. The van der Waals surface area contributed by atoms with Crippen molar-refractivity contribution in [3.8, 4) is 11.5 Å². The van der Waals surface area contributed by atoms with Gasteiger partial charge in [0.1, 0.15) is 6.04 Å². The van der Waals surface area contributed by atoms with Crippen LogP contribution in [0.2, 0.25) is 0 Å². The van der Waals surface area contributed by atoms with E-state index in [0.717, 1.165) is 16.7 Å². The summed E-state index contributed by atoms with van der Waals surface area (Å²) in [4.78, 5) is 37.3. The van der Waals surface area contributed by atoms with Gasteiger partial charge < -0.3 is 14.2 Å². The lowest BCUT2D eigenvalue weighted by atomic mass is 10.1. The first kappa shape index (κ1) is 19.3. The Balaban J connectivity index is 2.37. The van der Waals surface area contributed by atoms with E-state index in [2.05, 4.69) is 20.7 Å². The molecule has 1 atom stereocenters. The minimum atomic E-state index is -0.986. The van der Waals surface area contributed by atoms with Gasteiger partial charge in [-0.15, -0.1) is 0 Å². The van der Waals surface area contributed by atoms with Crippen molar-refractivity contribution in [3.63, 3.8) is 0 Å². The van der Waals surface area contributed by atoms with Crippen molar-refractivity contribution < 1.29 is 28.6 Å². The normalized spacial score (nSPS) is 17.0. The highest BCUT2D eigenvalue weighted by Crippen LogP contribution is 2.39. The third kappa shape index (κ3) is 3.82. The number of halogens is 1. The van der Waals surface area contributed by atoms with Crippen LogP contribution in [0.3, 0.4) is 0 Å². The summed E-state index contributed by atoms with van der Waals surface area (Å²) in [6.07, 6.45) is 1.56. The molecule has 0 aliphatic carbocycles. The van der Waals surface area contributed by atoms with Gasteiger partial charge in [0, 0.05) is 0 Å². The maximum absolute atomic E-state index is 12.5. The van der Waals surface area contributed by atoms with E-state index in [1.54, 1.807) is 18.2 Å². The molecule has 2 amide bonds. The van der Waals surface area contributed by atoms with Gasteiger partial charge in [0.25, 0.3) is 11.1 Å². The number of methoxy groups -OCH3 is 3. The van der Waals surface area contributed by atoms with Gasteiger partial charge in [-0.05, 0) is 58.4 Å². The number of nitrogens with zero attached hydrogens (tertiary/aromatic N) is 1. The molecule has 1 fully saturated rings. The standard InChI is InChI=1S/C16H16BrNO6S/c1-8(15(20)24-4)18-14(19)12(25-16(18)21)7-9-5-10(17)13(23-3)11(6-9)22-2/h5-8H,1-4H3/b12-7-/t8-/m1/s1. The predicted molar refractivity (Wildman–Crippen MR) is 96.5 cm³/mol. The van der Waals surface area contributed by atoms with E-state index < -0.39 is 23.2 Å². The molecule has 0 radical (unpaired) electrons. The van der Waals surface area contributed by atoms with Gasteiger partial charge in [0.05, 0.1) is 30.7 Å². The van der Waals surface area contributed by atoms with Gasteiger partial charge in [0.2, 0.25) is 0 Å². The van der Waals surface area contributed by atoms with E-state index in [-0.39, 0.29) is 4.91 Å². The van der Waals surface area contributed by atoms with Gasteiger partial charge in [0.15, 0.2) is 11.5 Å². The van der Waals surface area contributed by atoms with Crippen molar-refractivity contribution in [1.82, 2.24) is 4.90 Å². The number of hydrogen-bond donors (Lipinski definition) is 0. The largest absolute Gasteiger partial charge is 0.493 e. The van der Waals surface area contributed by atoms with Crippen LogP contribution in [0.5, 0.6) is 11.5 Å². The quantitative estimate of drug-likeness (QED) is 0.525. The van der Waals surface area contributed by atoms with Gasteiger partial charge in [-0.1, -0.05) is 0 Å². The molecule has 1 aromatic carbocycles. The molecule has 0 saturated carbocycles. The molecule has 0 spiro atoms. The second-order valence-electron chi connectivity index (χ2n) is 4.99. The Bertz CT molecular complexity index is 763. The number of rotatable bonds is 5. The fourth-order valence-corrected chi connectivity index (χ4v) is 3.79. The first-order chi connectivity index (χ1) is 11.8. The summed E-state index contributed by atoms with van der Waals surface area (Å²) in [6, 6.07) is 2.43. The SMILES string of the molecule is COC(=O)[C@@H](C)N1C(=O)S/C(=C\c2cc(Br)c(OC)c(OC)c2)C1=O. The number of imide groups is 1. The van der Waals surface area contributed by atoms with Gasteiger partial charge >= 0.3 is 5.97 Å². The lowest BCUT2D eigenvalue weighted by Crippen LogP contribution is -2.42. The Kier molecular flexibility index (Phi) is 6.12. The van der Waals surface area contributed by atoms with Crippen molar-refractivity contribution in [1.29, 1.82) is 0 Å². The van der Waals surface area contributed by atoms with Crippen LogP contribution in [-0.2, 0) is 14.3 Å². The van der Waals surface area contributed by atoms with Crippen molar-refractivity contribution >= 4 is 50.9 Å². The molecular formula is C16H16BrNO6S. The Labute approximate surface area is 157 Å². The summed E-state index contributed by atoms with van der Waals surface area (Å²) in [7, 11) is 4.22. The second-order valence-corrected chi connectivity index (χ2v) is 6.84. The lowest BCUT2D eigenvalue weighted by molar-refractivity contribution is -0.148. The number of ether oxygens (including phenoxy) is 3. The molecule has 0 unspecified atom stereocenters. The molecule has 0 N–H and O–H groups in total. The highest BCUT2D eigenvalue weighted by atomic mass is 79.9.